The largest absolute Gasteiger partial charge is 0.299 e. The number of nitrogens with zero attached hydrogens (tertiary/aromatic N) is 3. The molecule has 1 amide bonds. The highest BCUT2D eigenvalue weighted by Crippen LogP contribution is 2.35. The Morgan fingerprint density at radius 3 is 2.56 bits per heavy atom. The van der Waals surface area contributed by atoms with Crippen molar-refractivity contribution < 1.29 is 4.79 Å². The molecule has 2 rings (SSSR count). The molecule has 0 aromatic carbocycles. The predicted octanol–water partition coefficient (Wildman–Crippen LogP) is 2.65. The van der Waals surface area contributed by atoms with Crippen LogP contribution < -0.4 is 5.32 Å². The van der Waals surface area contributed by atoms with Gasteiger partial charge in [0.2, 0.25) is 11.0 Å². The van der Waals surface area contributed by atoms with Gasteiger partial charge in [0.1, 0.15) is 11.2 Å². The summed E-state index contributed by atoms with van der Waals surface area (Å²) in [5.74, 6) is 0.422. The van der Waals surface area contributed by atoms with E-state index in [-0.39, 0.29) is 5.91 Å². The molecule has 1 aliphatic rings. The van der Waals surface area contributed by atoms with E-state index in [2.05, 4.69) is 20.7 Å². The van der Waals surface area contributed by atoms with Crippen LogP contribution in [0.15, 0.2) is 0 Å². The summed E-state index contributed by atoms with van der Waals surface area (Å²) in [5.41, 5.74) is -0.879. The van der Waals surface area contributed by atoms with Gasteiger partial charge in [-0.05, 0) is 19.8 Å². The van der Waals surface area contributed by atoms with Crippen molar-refractivity contribution >= 4 is 22.6 Å². The second-order valence-corrected chi connectivity index (χ2v) is 5.46. The van der Waals surface area contributed by atoms with Crippen LogP contribution in [0.3, 0.4) is 0 Å². The molecule has 5 nitrogen and oxygen atoms in total. The third-order valence-corrected chi connectivity index (χ3v) is 4.08. The lowest BCUT2D eigenvalue weighted by Crippen LogP contribution is -2.34. The maximum Gasteiger partial charge on any atom is 0.246 e. The summed E-state index contributed by atoms with van der Waals surface area (Å²) >= 11 is 1.15. The Morgan fingerprint density at radius 1 is 1.39 bits per heavy atom. The van der Waals surface area contributed by atoms with E-state index < -0.39 is 5.41 Å². The van der Waals surface area contributed by atoms with Gasteiger partial charge in [-0.25, -0.2) is 4.98 Å². The number of hydrogen-bond acceptors (Lipinski definition) is 5. The Labute approximate surface area is 110 Å². The van der Waals surface area contributed by atoms with Crippen molar-refractivity contribution in [1.29, 1.82) is 5.26 Å². The maximum atomic E-state index is 12.3. The summed E-state index contributed by atoms with van der Waals surface area (Å²) in [6, 6.07) is 2.23. The molecule has 0 unspecified atom stereocenters. The molecule has 0 radical (unpaired) electrons. The number of carbonyl (C=O) groups is 1. The summed E-state index contributed by atoms with van der Waals surface area (Å²) in [7, 11) is 0. The second-order valence-electron chi connectivity index (χ2n) is 4.71. The third-order valence-electron chi connectivity index (χ3n) is 3.35. The van der Waals surface area contributed by atoms with Crippen LogP contribution in [-0.4, -0.2) is 15.3 Å². The van der Waals surface area contributed by atoms with Crippen molar-refractivity contribution in [2.75, 3.05) is 5.32 Å². The van der Waals surface area contributed by atoms with Crippen molar-refractivity contribution in [2.45, 2.75) is 45.4 Å². The van der Waals surface area contributed by atoms with Crippen molar-refractivity contribution in [3.63, 3.8) is 0 Å². The van der Waals surface area contributed by atoms with Crippen molar-refractivity contribution in [3.8, 4) is 6.07 Å². The molecule has 0 atom stereocenters. The molecule has 1 aromatic rings. The van der Waals surface area contributed by atoms with E-state index in [9.17, 15) is 10.1 Å². The second kappa shape index (κ2) is 5.44. The summed E-state index contributed by atoms with van der Waals surface area (Å²) in [6.07, 6.45) is 5.38. The third kappa shape index (κ3) is 2.67. The van der Waals surface area contributed by atoms with Gasteiger partial charge in [-0.3, -0.25) is 10.1 Å². The van der Waals surface area contributed by atoms with E-state index in [0.29, 0.717) is 23.8 Å². The SMILES string of the molecule is Cc1nsc(NC(=O)C2(C#N)CCCCCC2)n1. The molecule has 1 aliphatic carbocycles. The number of amides is 1. The summed E-state index contributed by atoms with van der Waals surface area (Å²) < 4.78 is 4.01. The zero-order valence-electron chi connectivity index (χ0n) is 10.4. The highest BCUT2D eigenvalue weighted by Gasteiger charge is 2.39. The molecule has 18 heavy (non-hydrogen) atoms. The van der Waals surface area contributed by atoms with Crippen molar-refractivity contribution in [2.24, 2.45) is 5.41 Å². The summed E-state index contributed by atoms with van der Waals surface area (Å²) in [4.78, 5) is 16.4. The number of nitrogens with one attached hydrogen (secondary N) is 1. The molecule has 1 aromatic heterocycles. The van der Waals surface area contributed by atoms with Gasteiger partial charge in [0.25, 0.3) is 0 Å². The fourth-order valence-electron chi connectivity index (χ4n) is 2.29. The van der Waals surface area contributed by atoms with Crippen LogP contribution in [0.25, 0.3) is 0 Å². The van der Waals surface area contributed by atoms with E-state index in [4.69, 9.17) is 0 Å². The zero-order chi connectivity index (χ0) is 13.0. The van der Waals surface area contributed by atoms with E-state index in [0.717, 1.165) is 37.2 Å². The topological polar surface area (TPSA) is 78.7 Å². The van der Waals surface area contributed by atoms with E-state index in [1.54, 1.807) is 6.92 Å². The van der Waals surface area contributed by atoms with Crippen molar-refractivity contribution in [3.05, 3.63) is 5.82 Å². The summed E-state index contributed by atoms with van der Waals surface area (Å²) in [6.45, 7) is 1.78. The van der Waals surface area contributed by atoms with Crippen LogP contribution in [0.1, 0.15) is 44.3 Å². The Kier molecular flexibility index (Phi) is 3.92. The standard InChI is InChI=1S/C12H16N4OS/c1-9-14-11(18-16-9)15-10(17)12(8-13)6-4-2-3-5-7-12/h2-7H2,1H3,(H,14,15,16,17). The first-order chi connectivity index (χ1) is 8.66. The van der Waals surface area contributed by atoms with Gasteiger partial charge in [0.15, 0.2) is 0 Å². The molecule has 96 valence electrons. The lowest BCUT2D eigenvalue weighted by atomic mass is 9.81. The van der Waals surface area contributed by atoms with E-state index >= 15 is 0 Å². The first-order valence-corrected chi connectivity index (χ1v) is 6.97. The number of anilines is 1. The minimum Gasteiger partial charge on any atom is -0.299 e. The predicted molar refractivity (Wildman–Crippen MR) is 69.0 cm³/mol. The van der Waals surface area contributed by atoms with Gasteiger partial charge in [0.05, 0.1) is 6.07 Å². The molecule has 1 heterocycles. The zero-order valence-corrected chi connectivity index (χ0v) is 11.2. The lowest BCUT2D eigenvalue weighted by molar-refractivity contribution is -0.123. The molecule has 1 N–H and O–H groups in total. The van der Waals surface area contributed by atoms with Gasteiger partial charge in [-0.15, -0.1) is 0 Å². The van der Waals surface area contributed by atoms with E-state index in [1.807, 2.05) is 0 Å². The van der Waals surface area contributed by atoms with Gasteiger partial charge in [-0.2, -0.15) is 9.64 Å². The smallest absolute Gasteiger partial charge is 0.246 e. The average Bonchev–Trinajstić information content (AvgIpc) is 2.65. The molecule has 1 saturated carbocycles. The molecule has 0 bridgehead atoms. The minimum absolute atomic E-state index is 0.219. The quantitative estimate of drug-likeness (QED) is 0.833. The monoisotopic (exact) mass is 264 g/mol. The van der Waals surface area contributed by atoms with Gasteiger partial charge < -0.3 is 0 Å². The fraction of sp³-hybridized carbons (Fsp3) is 0.667. The fourth-order valence-corrected chi connectivity index (χ4v) is 2.86. The van der Waals surface area contributed by atoms with Crippen LogP contribution in [-0.2, 0) is 4.79 Å². The van der Waals surface area contributed by atoms with Crippen molar-refractivity contribution in [1.82, 2.24) is 9.36 Å². The molecule has 0 saturated heterocycles. The van der Waals surface area contributed by atoms with Gasteiger partial charge in [0, 0.05) is 11.5 Å². The van der Waals surface area contributed by atoms with Gasteiger partial charge in [-0.1, -0.05) is 25.7 Å². The Bertz CT molecular complexity index is 469. The maximum absolute atomic E-state index is 12.3. The number of nitriles is 1. The van der Waals surface area contributed by atoms with Crippen LogP contribution >= 0.6 is 11.5 Å². The van der Waals surface area contributed by atoms with Crippen LogP contribution in [0.4, 0.5) is 5.13 Å². The minimum atomic E-state index is -0.879. The van der Waals surface area contributed by atoms with Crippen LogP contribution in [0.5, 0.6) is 0 Å². The highest BCUT2D eigenvalue weighted by atomic mass is 32.1. The molecule has 0 spiro atoms. The lowest BCUT2D eigenvalue weighted by Gasteiger charge is -2.22. The van der Waals surface area contributed by atoms with E-state index in [1.165, 1.54) is 0 Å². The number of hydrogen-bond donors (Lipinski definition) is 1. The van der Waals surface area contributed by atoms with Crippen LogP contribution in [0.2, 0.25) is 0 Å². The Balaban J connectivity index is 2.12. The first-order valence-electron chi connectivity index (χ1n) is 6.19. The average molecular weight is 264 g/mol. The Hall–Kier alpha value is -1.48. The highest BCUT2D eigenvalue weighted by molar-refractivity contribution is 7.09. The number of rotatable bonds is 2. The normalized spacial score (nSPS) is 18.7. The Morgan fingerprint density at radius 2 is 2.06 bits per heavy atom. The molecule has 1 fully saturated rings. The first kappa shape index (κ1) is 13.0. The number of aromatic nitrogens is 2. The number of aryl methyl sites for hydroxylation is 1. The summed E-state index contributed by atoms with van der Waals surface area (Å²) in [5, 5.41) is 12.6. The molecular weight excluding hydrogens is 248 g/mol. The van der Waals surface area contributed by atoms with Crippen LogP contribution in [0, 0.1) is 23.7 Å². The molecule has 0 aliphatic heterocycles. The number of carbonyl (C=O) groups excluding carboxylic acids is 1. The molecular formula is C12H16N4OS. The van der Waals surface area contributed by atoms with Gasteiger partial charge >= 0.3 is 0 Å². The molecule has 6 heteroatoms.